The van der Waals surface area contributed by atoms with E-state index >= 15 is 0 Å². The van der Waals surface area contributed by atoms with Crippen LogP contribution in [0.15, 0.2) is 206 Å². The molecule has 2 aliphatic carbocycles. The molecule has 8 aromatic carbocycles. The van der Waals surface area contributed by atoms with Crippen LogP contribution in [0.3, 0.4) is 0 Å². The van der Waals surface area contributed by atoms with Crippen LogP contribution in [0, 0.1) is 25.7 Å². The minimum Gasteiger partial charge on any atom is -0.504 e. The van der Waals surface area contributed by atoms with Crippen molar-refractivity contribution < 1.29 is 29.3 Å². The highest BCUT2D eigenvalue weighted by Gasteiger charge is 2.29. The van der Waals surface area contributed by atoms with Crippen molar-refractivity contribution in [1.29, 1.82) is 0 Å². The fourth-order valence-corrected chi connectivity index (χ4v) is 10.7. The predicted octanol–water partition coefficient (Wildman–Crippen LogP) is 15.3. The Morgan fingerprint density at radius 1 is 0.554 bits per heavy atom. The number of hydrogen-bond acceptors (Lipinski definition) is 11. The summed E-state index contributed by atoms with van der Waals surface area (Å²) in [6, 6.07) is 65.8. The van der Waals surface area contributed by atoms with Crippen LogP contribution in [0.5, 0.6) is 23.0 Å². The molecule has 2 fully saturated rings. The average molecular weight is 1290 g/mol. The first kappa shape index (κ1) is 66.1. The van der Waals surface area contributed by atoms with E-state index in [0.717, 1.165) is 75.7 Å². The second kappa shape index (κ2) is 31.9. The molecule has 0 aliphatic heterocycles. The Morgan fingerprint density at radius 3 is 1.51 bits per heavy atom. The number of nitrogens with one attached hydrogen (secondary N) is 4. The number of aromatic nitrogens is 4. The first-order valence-corrected chi connectivity index (χ1v) is 32.2. The molecular weight excluding hydrogens is 1220 g/mol. The maximum absolute atomic E-state index is 13.8. The molecule has 19 heteroatoms. The summed E-state index contributed by atoms with van der Waals surface area (Å²) in [6.07, 6.45) is 5.72. The lowest BCUT2D eigenvalue weighted by atomic mass is 9.96. The van der Waals surface area contributed by atoms with E-state index < -0.39 is 4.96 Å². The summed E-state index contributed by atoms with van der Waals surface area (Å²) in [5.41, 5.74) is 18.8. The number of nitrogens with zero attached hydrogens (tertiary/aromatic N) is 4. The molecule has 2 atom stereocenters. The highest BCUT2D eigenvalue weighted by atomic mass is 35.6. The monoisotopic (exact) mass is 1290 g/mol. The molecule has 2 amide bonds. The lowest BCUT2D eigenvalue weighted by Gasteiger charge is -2.25. The summed E-state index contributed by atoms with van der Waals surface area (Å²) < 4.78 is 16.4. The number of amides is 2. The molecule has 0 bridgehead atoms. The van der Waals surface area contributed by atoms with Gasteiger partial charge in [0.1, 0.15) is 24.6 Å². The molecule has 10 aromatic rings. The lowest BCUT2D eigenvalue weighted by molar-refractivity contribution is 0.101. The predicted molar refractivity (Wildman–Crippen MR) is 369 cm³/mol. The number of nitrogens with two attached hydrogens (primary N) is 1. The van der Waals surface area contributed by atoms with E-state index in [1.807, 2.05) is 147 Å². The molecule has 8 N–H and O–H groups in total. The van der Waals surface area contributed by atoms with Gasteiger partial charge in [0.2, 0.25) is 0 Å². The summed E-state index contributed by atoms with van der Waals surface area (Å²) in [6.45, 7) is 8.77. The molecular formula is C73H75BCl3N9O6. The van der Waals surface area contributed by atoms with Gasteiger partial charge in [0.15, 0.2) is 23.0 Å². The maximum Gasteiger partial charge on any atom is 0.450 e. The standard InChI is InChI=1S/C44H44N4O3.C29H31N5O3.BCl3/c1-3-32-17-10-20-38(26-32)48-40(25-31(2)47-48)44(49)46-37-19-11-18-36(27-37)42(45-28-33-23-24-33)39-21-12-22-41(50-29-34-13-6-4-7-14-34)43(39)51-30-35-15-8-5-9-16-35;1-18-13-25(34(33-18)23-8-2-5-20(14-23)16-30)29(37)32-22-7-3-6-21(15-22)27(31-17-19-11-12-19)24-9-4-10-26(35)28(24)36;2-1(3)4/h4-22,25-27,33,42,45H,3,23-24,28-30H2,1-2H3,(H,46,49);2-10,13-15,19,27,31,35-36H,11-12,16-17,30H2,1H3,(H,32,37);. The van der Waals surface area contributed by atoms with Gasteiger partial charge < -0.3 is 46.7 Å². The van der Waals surface area contributed by atoms with E-state index in [1.165, 1.54) is 37.3 Å². The fraction of sp³-hybridized carbons (Fsp3) is 0.233. The fourth-order valence-electron chi connectivity index (χ4n) is 10.7. The smallest absolute Gasteiger partial charge is 0.450 e. The van der Waals surface area contributed by atoms with Crippen molar-refractivity contribution in [3.63, 3.8) is 0 Å². The molecule has 472 valence electrons. The number of ether oxygens (including phenoxy) is 2. The number of anilines is 2. The Kier molecular flexibility index (Phi) is 22.9. The number of aromatic hydroxyl groups is 2. The molecule has 2 saturated carbocycles. The molecule has 0 radical (unpaired) electrons. The number of para-hydroxylation sites is 2. The van der Waals surface area contributed by atoms with Crippen molar-refractivity contribution in [2.24, 2.45) is 17.6 Å². The Hall–Kier alpha value is -8.87. The van der Waals surface area contributed by atoms with E-state index in [-0.39, 0.29) is 35.4 Å². The Morgan fingerprint density at radius 2 is 1.00 bits per heavy atom. The molecule has 92 heavy (non-hydrogen) atoms. The van der Waals surface area contributed by atoms with Gasteiger partial charge in [-0.1, -0.05) is 140 Å². The molecule has 2 aliphatic rings. The third-order valence-electron chi connectivity index (χ3n) is 15.8. The van der Waals surface area contributed by atoms with Gasteiger partial charge in [-0.05, 0) is 177 Å². The van der Waals surface area contributed by atoms with Crippen LogP contribution in [-0.4, -0.2) is 59.6 Å². The minimum atomic E-state index is -0.750. The number of hydrogen-bond donors (Lipinski definition) is 7. The lowest BCUT2D eigenvalue weighted by Crippen LogP contribution is -2.25. The van der Waals surface area contributed by atoms with Crippen LogP contribution in [0.2, 0.25) is 0 Å². The van der Waals surface area contributed by atoms with Crippen molar-refractivity contribution >= 4 is 62.5 Å². The third-order valence-corrected chi connectivity index (χ3v) is 15.8. The van der Waals surface area contributed by atoms with E-state index in [2.05, 4.69) is 86.9 Å². The van der Waals surface area contributed by atoms with Crippen LogP contribution in [-0.2, 0) is 26.2 Å². The molecule has 0 saturated heterocycles. The van der Waals surface area contributed by atoms with Crippen molar-refractivity contribution in [2.45, 2.75) is 84.7 Å². The highest BCUT2D eigenvalue weighted by molar-refractivity contribution is 7.54. The second-order valence-electron chi connectivity index (χ2n) is 23.0. The molecule has 2 aromatic heterocycles. The van der Waals surface area contributed by atoms with Gasteiger partial charge in [-0.3, -0.25) is 9.59 Å². The molecule has 12 rings (SSSR count). The molecule has 2 unspecified atom stereocenters. The van der Waals surface area contributed by atoms with Crippen LogP contribution in [0.25, 0.3) is 11.4 Å². The van der Waals surface area contributed by atoms with Crippen LogP contribution in [0.4, 0.5) is 11.4 Å². The van der Waals surface area contributed by atoms with E-state index in [9.17, 15) is 19.8 Å². The zero-order chi connectivity index (χ0) is 64.5. The molecule has 15 nitrogen and oxygen atoms in total. The van der Waals surface area contributed by atoms with Crippen molar-refractivity contribution in [1.82, 2.24) is 30.2 Å². The van der Waals surface area contributed by atoms with Crippen molar-refractivity contribution in [3.05, 3.63) is 274 Å². The van der Waals surface area contributed by atoms with E-state index in [4.69, 9.17) is 49.6 Å². The number of halogens is 3. The largest absolute Gasteiger partial charge is 0.504 e. The summed E-state index contributed by atoms with van der Waals surface area (Å²) in [7, 11) is 0. The summed E-state index contributed by atoms with van der Waals surface area (Å²) in [5, 5.41) is 43.4. The van der Waals surface area contributed by atoms with E-state index in [1.54, 1.807) is 27.6 Å². The number of benzene rings is 8. The van der Waals surface area contributed by atoms with Crippen LogP contribution in [0.1, 0.15) is 122 Å². The van der Waals surface area contributed by atoms with Gasteiger partial charge in [-0.2, -0.15) is 44.6 Å². The first-order chi connectivity index (χ1) is 44.7. The second-order valence-corrected chi connectivity index (χ2v) is 25.0. The number of rotatable bonds is 24. The van der Waals surface area contributed by atoms with Crippen LogP contribution < -0.4 is 36.5 Å². The maximum atomic E-state index is 13.8. The molecule has 2 heterocycles. The number of carbonyl (C=O) groups excluding carboxylic acids is 2. The third kappa shape index (κ3) is 18.2. The van der Waals surface area contributed by atoms with Crippen molar-refractivity contribution in [3.8, 4) is 34.4 Å². The topological polar surface area (TPSA) is 203 Å². The summed E-state index contributed by atoms with van der Waals surface area (Å²) in [4.78, 5) is 26.4. The summed E-state index contributed by atoms with van der Waals surface area (Å²) >= 11 is 14.4. The first-order valence-electron chi connectivity index (χ1n) is 30.9. The number of carbonyl (C=O) groups is 2. The SMILES string of the molecule is CCc1cccc(-n2nc(C)cc2C(=O)Nc2cccc(C(NCC3CC3)c3cccc(OCc4ccccc4)c3OCc3ccccc3)c2)c1.Cc1cc(C(=O)Nc2cccc(C(NCC3CC3)c3cccc(O)c3O)c2)n(-c2cccc(CN)c2)n1.ClB(Cl)Cl. The number of phenolic OH excluding ortho intramolecular Hbond substituents is 2. The van der Waals surface area contributed by atoms with Gasteiger partial charge in [-0.15, -0.1) is 0 Å². The minimum absolute atomic E-state index is 0.149. The average Bonchev–Trinajstić information content (AvgIpc) is 1.02. The normalized spacial score (nSPS) is 13.1. The van der Waals surface area contributed by atoms with Gasteiger partial charge in [0.05, 0.1) is 34.8 Å². The Bertz CT molecular complexity index is 4090. The quantitative estimate of drug-likeness (QED) is 0.0224. The van der Waals surface area contributed by atoms with Crippen LogP contribution >= 0.6 is 34.4 Å². The Labute approximate surface area is 552 Å². The van der Waals surface area contributed by atoms with E-state index in [0.29, 0.717) is 71.4 Å². The highest BCUT2D eigenvalue weighted by Crippen LogP contribution is 2.41. The molecule has 0 spiro atoms. The van der Waals surface area contributed by atoms with Crippen molar-refractivity contribution in [2.75, 3.05) is 23.7 Å². The van der Waals surface area contributed by atoms with Gasteiger partial charge in [-0.25, -0.2) is 9.36 Å². The Balaban J connectivity index is 0.000000199. The summed E-state index contributed by atoms with van der Waals surface area (Å²) in [5.74, 6) is 1.83. The van der Waals surface area contributed by atoms with Gasteiger partial charge >= 0.3 is 4.96 Å². The zero-order valence-corrected chi connectivity index (χ0v) is 53.9. The van der Waals surface area contributed by atoms with Gasteiger partial charge in [0.25, 0.3) is 11.8 Å². The van der Waals surface area contributed by atoms with Gasteiger partial charge in [0, 0.05) is 29.0 Å². The number of phenols is 2. The zero-order valence-electron chi connectivity index (χ0n) is 51.6. The number of aryl methyl sites for hydroxylation is 3.